The van der Waals surface area contributed by atoms with Crippen molar-refractivity contribution in [2.45, 2.75) is 26.2 Å². The smallest absolute Gasteiger partial charge is 0.388 e. The summed E-state index contributed by atoms with van der Waals surface area (Å²) < 4.78 is 6.64. The highest BCUT2D eigenvalue weighted by molar-refractivity contribution is 6.44. The molecular weight excluding hydrogens is 467 g/mol. The van der Waals surface area contributed by atoms with E-state index < -0.39 is 11.8 Å². The second kappa shape index (κ2) is 8.76. The third-order valence-corrected chi connectivity index (χ3v) is 5.51. The van der Waals surface area contributed by atoms with E-state index in [1.807, 2.05) is 26.8 Å². The number of hydrogen-bond donors (Lipinski definition) is 3. The zero-order chi connectivity index (χ0) is 23.8. The zero-order valence-electron chi connectivity index (χ0n) is 17.9. The maximum absolute atomic E-state index is 12.8. The molecular formula is C22H20Cl2N6O3. The van der Waals surface area contributed by atoms with Gasteiger partial charge in [0.2, 0.25) is 5.89 Å². The van der Waals surface area contributed by atoms with Gasteiger partial charge in [0.15, 0.2) is 0 Å². The predicted molar refractivity (Wildman–Crippen MR) is 127 cm³/mol. The summed E-state index contributed by atoms with van der Waals surface area (Å²) >= 11 is 12.2. The number of nitrogens with one attached hydrogen (secondary N) is 3. The van der Waals surface area contributed by atoms with Gasteiger partial charge in [0, 0.05) is 17.0 Å². The average molecular weight is 487 g/mol. The van der Waals surface area contributed by atoms with E-state index in [1.54, 1.807) is 47.1 Å². The molecule has 0 atom stereocenters. The maximum Gasteiger partial charge on any atom is 0.434 e. The molecule has 2 aromatic carbocycles. The standard InChI is InChI=1S/C22H20Cl2N6O3/c1-22(2,3)16-11-17(26-20(31)25-15-9-5-8-14(23)18(15)24)30(29-16)13-7-4-6-12(10-13)19-27-28-21(32)33-19/h4-11H,1-3H3,(H,28,32)(H2,25,26,31). The predicted octanol–water partition coefficient (Wildman–Crippen LogP) is 5.46. The minimum absolute atomic E-state index is 0.146. The molecule has 0 unspecified atom stereocenters. The number of anilines is 2. The van der Waals surface area contributed by atoms with Crippen LogP contribution in [0.25, 0.3) is 17.1 Å². The van der Waals surface area contributed by atoms with Crippen molar-refractivity contribution in [3.05, 3.63) is 74.8 Å². The number of hydrogen-bond acceptors (Lipinski definition) is 5. The van der Waals surface area contributed by atoms with E-state index in [9.17, 15) is 9.59 Å². The molecule has 0 radical (unpaired) electrons. The topological polar surface area (TPSA) is 118 Å². The van der Waals surface area contributed by atoms with Crippen molar-refractivity contribution in [1.29, 1.82) is 0 Å². The Hall–Kier alpha value is -3.56. The van der Waals surface area contributed by atoms with Crippen LogP contribution >= 0.6 is 23.2 Å². The van der Waals surface area contributed by atoms with Crippen molar-refractivity contribution in [1.82, 2.24) is 20.0 Å². The second-order valence-electron chi connectivity index (χ2n) is 8.23. The lowest BCUT2D eigenvalue weighted by Crippen LogP contribution is -2.21. The van der Waals surface area contributed by atoms with E-state index in [1.165, 1.54) is 0 Å². The van der Waals surface area contributed by atoms with Crippen molar-refractivity contribution in [2.75, 3.05) is 10.6 Å². The summed E-state index contributed by atoms with van der Waals surface area (Å²) in [7, 11) is 0. The molecule has 0 aliphatic heterocycles. The Labute approximate surface area is 198 Å². The van der Waals surface area contributed by atoms with Crippen LogP contribution in [0.3, 0.4) is 0 Å². The van der Waals surface area contributed by atoms with Crippen LogP contribution in [0.5, 0.6) is 0 Å². The van der Waals surface area contributed by atoms with Crippen LogP contribution in [0.15, 0.2) is 57.7 Å². The van der Waals surface area contributed by atoms with Crippen LogP contribution in [-0.4, -0.2) is 26.0 Å². The number of amides is 2. The lowest BCUT2D eigenvalue weighted by molar-refractivity contribution is 0.262. The van der Waals surface area contributed by atoms with Crippen LogP contribution in [0.2, 0.25) is 10.0 Å². The fourth-order valence-corrected chi connectivity index (χ4v) is 3.38. The molecule has 0 fully saturated rings. The molecule has 9 nitrogen and oxygen atoms in total. The van der Waals surface area contributed by atoms with Crippen molar-refractivity contribution in [3.8, 4) is 17.1 Å². The van der Waals surface area contributed by atoms with Crippen molar-refractivity contribution < 1.29 is 9.21 Å². The SMILES string of the molecule is CC(C)(C)c1cc(NC(=O)Nc2cccc(Cl)c2Cl)n(-c2cccc(-c3n[nH]c(=O)o3)c2)n1. The van der Waals surface area contributed by atoms with E-state index >= 15 is 0 Å². The summed E-state index contributed by atoms with van der Waals surface area (Å²) in [4.78, 5) is 24.1. The molecule has 0 saturated carbocycles. The number of nitrogens with zero attached hydrogens (tertiary/aromatic N) is 3. The lowest BCUT2D eigenvalue weighted by atomic mass is 9.92. The molecule has 33 heavy (non-hydrogen) atoms. The van der Waals surface area contributed by atoms with Gasteiger partial charge in [-0.1, -0.05) is 56.1 Å². The highest BCUT2D eigenvalue weighted by Gasteiger charge is 2.22. The quantitative estimate of drug-likeness (QED) is 0.353. The van der Waals surface area contributed by atoms with Gasteiger partial charge in [-0.05, 0) is 30.3 Å². The first-order chi connectivity index (χ1) is 15.6. The van der Waals surface area contributed by atoms with Gasteiger partial charge in [-0.15, -0.1) is 5.10 Å². The Bertz CT molecular complexity index is 1380. The third-order valence-electron chi connectivity index (χ3n) is 4.69. The monoisotopic (exact) mass is 486 g/mol. The van der Waals surface area contributed by atoms with Crippen molar-refractivity contribution >= 4 is 40.7 Å². The van der Waals surface area contributed by atoms with E-state index in [0.717, 1.165) is 5.69 Å². The summed E-state index contributed by atoms with van der Waals surface area (Å²) in [5.41, 5.74) is 2.06. The van der Waals surface area contributed by atoms with Gasteiger partial charge in [-0.25, -0.2) is 19.4 Å². The Kier molecular flexibility index (Phi) is 6.01. The lowest BCUT2D eigenvalue weighted by Gasteiger charge is -2.14. The second-order valence-corrected chi connectivity index (χ2v) is 9.01. The van der Waals surface area contributed by atoms with Crippen molar-refractivity contribution in [3.63, 3.8) is 0 Å². The number of carbonyl (C=O) groups is 1. The van der Waals surface area contributed by atoms with Crippen LogP contribution in [0.1, 0.15) is 26.5 Å². The molecule has 4 aromatic rings. The summed E-state index contributed by atoms with van der Waals surface area (Å²) in [5.74, 6) is -0.0766. The molecule has 2 heterocycles. The number of halogens is 2. The first kappa shape index (κ1) is 22.6. The number of aromatic amines is 1. The van der Waals surface area contributed by atoms with Crippen LogP contribution < -0.4 is 16.4 Å². The minimum atomic E-state index is -0.650. The molecule has 11 heteroatoms. The van der Waals surface area contributed by atoms with Crippen LogP contribution in [-0.2, 0) is 5.41 Å². The highest BCUT2D eigenvalue weighted by Crippen LogP contribution is 2.31. The highest BCUT2D eigenvalue weighted by atomic mass is 35.5. The fraction of sp³-hybridized carbons (Fsp3) is 0.182. The molecule has 0 saturated heterocycles. The molecule has 0 spiro atoms. The van der Waals surface area contributed by atoms with Crippen LogP contribution in [0.4, 0.5) is 16.3 Å². The van der Waals surface area contributed by atoms with E-state index in [4.69, 9.17) is 27.6 Å². The third kappa shape index (κ3) is 4.94. The molecule has 170 valence electrons. The largest absolute Gasteiger partial charge is 0.434 e. The molecule has 0 bridgehead atoms. The van der Waals surface area contributed by atoms with Gasteiger partial charge in [-0.2, -0.15) is 5.10 Å². The number of H-pyrrole nitrogens is 1. The first-order valence-electron chi connectivity index (χ1n) is 9.91. The Balaban J connectivity index is 1.69. The normalized spacial score (nSPS) is 11.4. The van der Waals surface area contributed by atoms with E-state index in [2.05, 4.69) is 25.9 Å². The van der Waals surface area contributed by atoms with Gasteiger partial charge in [0.1, 0.15) is 5.82 Å². The molecule has 0 aliphatic carbocycles. The average Bonchev–Trinajstić information content (AvgIpc) is 3.38. The van der Waals surface area contributed by atoms with Gasteiger partial charge >= 0.3 is 11.8 Å². The molecule has 2 aromatic heterocycles. The van der Waals surface area contributed by atoms with Gasteiger partial charge in [-0.3, -0.25) is 5.32 Å². The van der Waals surface area contributed by atoms with E-state index in [-0.39, 0.29) is 16.3 Å². The minimum Gasteiger partial charge on any atom is -0.388 e. The number of benzene rings is 2. The first-order valence-corrected chi connectivity index (χ1v) is 10.7. The number of rotatable bonds is 4. The van der Waals surface area contributed by atoms with Gasteiger partial charge in [0.05, 0.1) is 27.1 Å². The number of aromatic nitrogens is 4. The zero-order valence-corrected chi connectivity index (χ0v) is 19.5. The van der Waals surface area contributed by atoms with Gasteiger partial charge in [0.25, 0.3) is 0 Å². The molecule has 3 N–H and O–H groups in total. The molecule has 4 rings (SSSR count). The molecule has 0 aliphatic rings. The summed E-state index contributed by atoms with van der Waals surface area (Å²) in [6, 6.07) is 13.3. The Morgan fingerprint density at radius 2 is 1.85 bits per heavy atom. The van der Waals surface area contributed by atoms with Gasteiger partial charge < -0.3 is 9.73 Å². The summed E-state index contributed by atoms with van der Waals surface area (Å²) in [5, 5.41) is 16.9. The Morgan fingerprint density at radius 1 is 1.09 bits per heavy atom. The number of urea groups is 1. The fourth-order valence-electron chi connectivity index (χ4n) is 3.03. The van der Waals surface area contributed by atoms with Crippen LogP contribution in [0, 0.1) is 0 Å². The summed E-state index contributed by atoms with van der Waals surface area (Å²) in [6.45, 7) is 6.05. The number of carbonyl (C=O) groups excluding carboxylic acids is 1. The Morgan fingerprint density at radius 3 is 2.55 bits per heavy atom. The van der Waals surface area contributed by atoms with Crippen molar-refractivity contribution in [2.24, 2.45) is 0 Å². The van der Waals surface area contributed by atoms with E-state index in [0.29, 0.717) is 27.8 Å². The molecule has 2 amide bonds. The summed E-state index contributed by atoms with van der Waals surface area (Å²) in [6.07, 6.45) is 0. The maximum atomic E-state index is 12.8.